The Kier molecular flexibility index (Phi) is 14.3. The first kappa shape index (κ1) is 33.5. The number of ether oxygens (including phenoxy) is 1. The van der Waals surface area contributed by atoms with Gasteiger partial charge < -0.3 is 46.3 Å². The third-order valence-corrected chi connectivity index (χ3v) is 7.95. The third kappa shape index (κ3) is 11.4. The maximum absolute atomic E-state index is 10.7. The molecular weight excluding hydrogens is 534 g/mol. The molecule has 9 heteroatoms. The van der Waals surface area contributed by atoms with E-state index in [-0.39, 0.29) is 17.4 Å². The van der Waals surface area contributed by atoms with Crippen LogP contribution >= 0.6 is 0 Å². The van der Waals surface area contributed by atoms with Gasteiger partial charge in [-0.1, -0.05) is 51.2 Å². The molecule has 0 spiro atoms. The second-order valence-electron chi connectivity index (χ2n) is 11.5. The third-order valence-electron chi connectivity index (χ3n) is 7.95. The van der Waals surface area contributed by atoms with Crippen LogP contribution in [-0.4, -0.2) is 68.1 Å². The number of nitrogens with two attached hydrogens (primary N) is 1. The summed E-state index contributed by atoms with van der Waals surface area (Å²) in [5.74, 6) is 0.629. The van der Waals surface area contributed by atoms with Gasteiger partial charge in [0.1, 0.15) is 12.2 Å². The van der Waals surface area contributed by atoms with Crippen LogP contribution in [0.5, 0.6) is 11.5 Å². The van der Waals surface area contributed by atoms with E-state index in [1.54, 1.807) is 18.2 Å². The molecule has 5 unspecified atom stereocenters. The van der Waals surface area contributed by atoms with Crippen LogP contribution in [0.25, 0.3) is 0 Å². The number of benzene rings is 1. The lowest BCUT2D eigenvalue weighted by atomic mass is 9.86. The van der Waals surface area contributed by atoms with E-state index in [1.165, 1.54) is 19.3 Å². The number of H-pyrrole nitrogens is 1. The van der Waals surface area contributed by atoms with Crippen molar-refractivity contribution in [1.29, 1.82) is 0 Å². The van der Waals surface area contributed by atoms with Gasteiger partial charge in [0.05, 0.1) is 24.6 Å². The fourth-order valence-electron chi connectivity index (χ4n) is 5.48. The Labute approximate surface area is 250 Å². The molecule has 2 aromatic rings. The molecule has 234 valence electrons. The number of hydrogen-bond acceptors (Lipinski definition) is 8. The highest BCUT2D eigenvalue weighted by molar-refractivity contribution is 5.42. The lowest BCUT2D eigenvalue weighted by molar-refractivity contribution is -0.0103. The molecule has 9 N–H and O–H groups in total. The number of nitrogens with one attached hydrogen (secondary N) is 2. The van der Waals surface area contributed by atoms with E-state index >= 15 is 0 Å². The van der Waals surface area contributed by atoms with Gasteiger partial charge in [-0.25, -0.2) is 0 Å². The topological polar surface area (TPSA) is 164 Å². The number of aliphatic hydroxyl groups is 4. The molecule has 9 nitrogen and oxygen atoms in total. The van der Waals surface area contributed by atoms with Gasteiger partial charge in [0.15, 0.2) is 11.5 Å². The van der Waals surface area contributed by atoms with Crippen LogP contribution in [0.15, 0.2) is 60.1 Å². The fraction of sp³-hybridized carbons (Fsp3) is 0.576. The molecule has 0 radical (unpaired) electrons. The minimum absolute atomic E-state index is 0.0703. The highest BCUT2D eigenvalue weighted by Crippen LogP contribution is 2.32. The summed E-state index contributed by atoms with van der Waals surface area (Å²) in [7, 11) is 0. The number of hydrogen-bond donors (Lipinski definition) is 8. The highest BCUT2D eigenvalue weighted by Gasteiger charge is 2.28. The van der Waals surface area contributed by atoms with Crippen molar-refractivity contribution in [3.63, 3.8) is 0 Å². The zero-order valence-corrected chi connectivity index (χ0v) is 24.9. The van der Waals surface area contributed by atoms with E-state index in [2.05, 4.69) is 23.3 Å². The Morgan fingerprint density at radius 2 is 1.79 bits per heavy atom. The molecule has 0 amide bonds. The first-order valence-corrected chi connectivity index (χ1v) is 15.5. The smallest absolute Gasteiger partial charge is 0.161 e. The standard InChI is InChI=1S/C33H51N3O6/c1-2-3-4-5-6-9-27(38)21-28(39)12-10-23-11-13-29(40)31(17-23)42-32(30(41)22-37)19-25(18-26-8-7-15-35-26)24-14-16-36-33(34)20-24/h7-8,11,13-15,17,20,25,27-28,30,32,35-41H,2-6,9-10,12,16,18-19,21-22,34H2,1H3. The summed E-state index contributed by atoms with van der Waals surface area (Å²) in [6.07, 6.45) is 11.4. The van der Waals surface area contributed by atoms with E-state index < -0.39 is 31.0 Å². The molecule has 5 atom stereocenters. The molecule has 0 saturated heterocycles. The summed E-state index contributed by atoms with van der Waals surface area (Å²) in [5.41, 5.74) is 8.93. The van der Waals surface area contributed by atoms with Crippen molar-refractivity contribution in [3.8, 4) is 11.5 Å². The van der Waals surface area contributed by atoms with Gasteiger partial charge >= 0.3 is 0 Å². The van der Waals surface area contributed by atoms with E-state index in [1.807, 2.05) is 24.4 Å². The highest BCUT2D eigenvalue weighted by atomic mass is 16.5. The Bertz CT molecular complexity index is 1100. The van der Waals surface area contributed by atoms with Gasteiger partial charge in [0.2, 0.25) is 0 Å². The van der Waals surface area contributed by atoms with E-state index in [9.17, 15) is 25.5 Å². The van der Waals surface area contributed by atoms with Gasteiger partial charge in [0, 0.05) is 18.4 Å². The number of aromatic amines is 1. The van der Waals surface area contributed by atoms with E-state index in [0.717, 1.165) is 29.7 Å². The van der Waals surface area contributed by atoms with Crippen molar-refractivity contribution in [1.82, 2.24) is 10.3 Å². The second-order valence-corrected chi connectivity index (χ2v) is 11.5. The van der Waals surface area contributed by atoms with Gasteiger partial charge in [-0.3, -0.25) is 0 Å². The van der Waals surface area contributed by atoms with Crippen LogP contribution in [0.2, 0.25) is 0 Å². The van der Waals surface area contributed by atoms with Crippen molar-refractivity contribution in [2.75, 3.05) is 13.2 Å². The first-order valence-electron chi connectivity index (χ1n) is 15.5. The Hall–Kier alpha value is -2.98. The number of phenolic OH excluding ortho intramolecular Hbond substituents is 1. The molecule has 42 heavy (non-hydrogen) atoms. The second kappa shape index (κ2) is 17.9. The molecule has 1 aromatic heterocycles. The van der Waals surface area contributed by atoms with Crippen LogP contribution < -0.4 is 15.8 Å². The Morgan fingerprint density at radius 3 is 2.50 bits per heavy atom. The van der Waals surface area contributed by atoms with Crippen molar-refractivity contribution in [2.45, 2.75) is 102 Å². The molecule has 3 rings (SSSR count). The average molecular weight is 586 g/mol. The van der Waals surface area contributed by atoms with Gasteiger partial charge in [-0.2, -0.15) is 0 Å². The zero-order chi connectivity index (χ0) is 30.3. The zero-order valence-electron chi connectivity index (χ0n) is 24.9. The quantitative estimate of drug-likeness (QED) is 0.109. The van der Waals surface area contributed by atoms with Crippen molar-refractivity contribution >= 4 is 0 Å². The van der Waals surface area contributed by atoms with E-state index in [0.29, 0.717) is 50.9 Å². The number of phenols is 1. The lowest BCUT2D eigenvalue weighted by Crippen LogP contribution is -2.37. The predicted octanol–water partition coefficient (Wildman–Crippen LogP) is 3.80. The summed E-state index contributed by atoms with van der Waals surface area (Å²) in [4.78, 5) is 3.23. The van der Waals surface area contributed by atoms with Crippen LogP contribution in [0.1, 0.15) is 76.0 Å². The number of unbranched alkanes of at least 4 members (excludes halogenated alkanes) is 4. The monoisotopic (exact) mass is 585 g/mol. The van der Waals surface area contributed by atoms with Gasteiger partial charge in [-0.05, 0) is 85.9 Å². The van der Waals surface area contributed by atoms with Crippen LogP contribution in [0.4, 0.5) is 0 Å². The minimum Gasteiger partial charge on any atom is -0.504 e. The summed E-state index contributed by atoms with van der Waals surface area (Å²) >= 11 is 0. The summed E-state index contributed by atoms with van der Waals surface area (Å²) in [6.45, 7) is 2.28. The molecule has 0 saturated carbocycles. The molecule has 0 aliphatic carbocycles. The number of aliphatic hydroxyl groups excluding tert-OH is 4. The number of allylic oxidation sites excluding steroid dienone is 2. The fourth-order valence-corrected chi connectivity index (χ4v) is 5.48. The summed E-state index contributed by atoms with van der Waals surface area (Å²) in [5, 5.41) is 55.1. The molecule has 0 fully saturated rings. The van der Waals surface area contributed by atoms with Crippen LogP contribution in [-0.2, 0) is 12.8 Å². The molecule has 1 aromatic carbocycles. The Balaban J connectivity index is 1.63. The van der Waals surface area contributed by atoms with Gasteiger partial charge in [0.25, 0.3) is 0 Å². The van der Waals surface area contributed by atoms with Crippen LogP contribution in [0, 0.1) is 5.92 Å². The average Bonchev–Trinajstić information content (AvgIpc) is 3.49. The molecule has 2 heterocycles. The Morgan fingerprint density at radius 1 is 1.00 bits per heavy atom. The molecule has 1 aliphatic rings. The number of rotatable bonds is 20. The first-order chi connectivity index (χ1) is 20.3. The summed E-state index contributed by atoms with van der Waals surface area (Å²) in [6, 6.07) is 8.96. The molecular formula is C33H51N3O6. The minimum atomic E-state index is -1.17. The maximum atomic E-state index is 10.7. The predicted molar refractivity (Wildman–Crippen MR) is 165 cm³/mol. The molecule has 1 aliphatic heterocycles. The molecule has 0 bridgehead atoms. The van der Waals surface area contributed by atoms with Crippen molar-refractivity contribution in [3.05, 3.63) is 71.3 Å². The van der Waals surface area contributed by atoms with Crippen molar-refractivity contribution in [2.24, 2.45) is 11.7 Å². The lowest BCUT2D eigenvalue weighted by Gasteiger charge is -2.29. The maximum Gasteiger partial charge on any atom is 0.161 e. The van der Waals surface area contributed by atoms with Crippen molar-refractivity contribution < 1.29 is 30.3 Å². The SMILES string of the molecule is CCCCCCCC(O)CC(O)CCc1ccc(O)c(OC(CC(Cc2ccc[nH]2)C2=CCNC(N)=C2)C(O)CO)c1. The normalized spacial score (nSPS) is 17.0. The summed E-state index contributed by atoms with van der Waals surface area (Å²) < 4.78 is 6.18. The number of dihydropyridines is 1. The number of aromatic hydroxyl groups is 1. The van der Waals surface area contributed by atoms with E-state index in [4.69, 9.17) is 10.5 Å². The number of aryl methyl sites for hydroxylation is 1. The number of aromatic nitrogens is 1. The van der Waals surface area contributed by atoms with Crippen LogP contribution in [0.3, 0.4) is 0 Å². The largest absolute Gasteiger partial charge is 0.504 e. The van der Waals surface area contributed by atoms with Gasteiger partial charge in [-0.15, -0.1) is 0 Å².